The van der Waals surface area contributed by atoms with E-state index in [1.54, 1.807) is 18.3 Å². The minimum absolute atomic E-state index is 0.147. The third kappa shape index (κ3) is 4.63. The minimum atomic E-state index is -1.10. The van der Waals surface area contributed by atoms with Gasteiger partial charge in [0.05, 0.1) is 22.3 Å². The fraction of sp³-hybridized carbons (Fsp3) is 0.320. The van der Waals surface area contributed by atoms with Crippen molar-refractivity contribution in [2.75, 3.05) is 0 Å². The molecule has 2 aromatic carbocycles. The number of fused-ring (bicyclic) bond motifs is 1. The van der Waals surface area contributed by atoms with Crippen molar-refractivity contribution in [2.24, 2.45) is 0 Å². The molecular weight excluding hydrogens is 419 g/mol. The second kappa shape index (κ2) is 8.61. The Morgan fingerprint density at radius 1 is 1.00 bits per heavy atom. The fourth-order valence-electron chi connectivity index (χ4n) is 3.76. The van der Waals surface area contributed by atoms with Gasteiger partial charge in [0.15, 0.2) is 0 Å². The van der Waals surface area contributed by atoms with Gasteiger partial charge in [0.1, 0.15) is 6.04 Å². The number of para-hydroxylation sites is 1. The summed E-state index contributed by atoms with van der Waals surface area (Å²) in [7, 11) is -0.487. The Morgan fingerprint density at radius 3 is 2.27 bits per heavy atom. The number of benzene rings is 2. The number of carbonyl (C=O) groups is 2. The molecule has 170 valence electrons. The van der Waals surface area contributed by atoms with Crippen LogP contribution in [0.4, 0.5) is 0 Å². The Bertz CT molecular complexity index is 1170. The molecule has 1 aliphatic rings. The molecule has 1 fully saturated rings. The van der Waals surface area contributed by atoms with E-state index in [1.165, 1.54) is 0 Å². The highest BCUT2D eigenvalue weighted by Crippen LogP contribution is 2.36. The molecule has 8 heteroatoms. The smallest absolute Gasteiger partial charge is 0.480 e. The molecule has 0 saturated carbocycles. The molecule has 7 nitrogen and oxygen atoms in total. The van der Waals surface area contributed by atoms with Gasteiger partial charge in [0.25, 0.3) is 5.91 Å². The first kappa shape index (κ1) is 23.0. The maximum atomic E-state index is 12.9. The van der Waals surface area contributed by atoms with Gasteiger partial charge >= 0.3 is 13.1 Å². The van der Waals surface area contributed by atoms with Gasteiger partial charge in [-0.3, -0.25) is 9.78 Å². The van der Waals surface area contributed by atoms with Crippen LogP contribution >= 0.6 is 0 Å². The van der Waals surface area contributed by atoms with Crippen molar-refractivity contribution in [3.8, 4) is 0 Å². The van der Waals surface area contributed by atoms with Crippen LogP contribution in [-0.4, -0.2) is 46.3 Å². The average molecular weight is 446 g/mol. The molecule has 0 radical (unpaired) electrons. The summed E-state index contributed by atoms with van der Waals surface area (Å²) in [5.74, 6) is -1.55. The van der Waals surface area contributed by atoms with E-state index in [4.69, 9.17) is 9.31 Å². The van der Waals surface area contributed by atoms with Crippen LogP contribution < -0.4 is 10.8 Å². The topological polar surface area (TPSA) is 97.8 Å². The first-order valence-corrected chi connectivity index (χ1v) is 10.9. The first-order chi connectivity index (χ1) is 15.6. The summed E-state index contributed by atoms with van der Waals surface area (Å²) in [6, 6.07) is 15.2. The minimum Gasteiger partial charge on any atom is -0.480 e. The number of aliphatic carboxylic acids is 1. The molecule has 1 aliphatic heterocycles. The summed E-state index contributed by atoms with van der Waals surface area (Å²) in [5, 5.41) is 13.0. The van der Waals surface area contributed by atoms with Crippen LogP contribution in [0.15, 0.2) is 60.8 Å². The predicted molar refractivity (Wildman–Crippen MR) is 126 cm³/mol. The number of aromatic nitrogens is 1. The van der Waals surface area contributed by atoms with Crippen LogP contribution in [0.5, 0.6) is 0 Å². The number of carboxylic acids is 1. The maximum Gasteiger partial charge on any atom is 0.494 e. The van der Waals surface area contributed by atoms with Crippen molar-refractivity contribution in [2.45, 2.75) is 51.4 Å². The van der Waals surface area contributed by atoms with E-state index < -0.39 is 36.2 Å². The van der Waals surface area contributed by atoms with Gasteiger partial charge in [0, 0.05) is 18.0 Å². The van der Waals surface area contributed by atoms with Crippen molar-refractivity contribution >= 4 is 35.4 Å². The molecule has 0 aliphatic carbocycles. The predicted octanol–water partition coefficient (Wildman–Crippen LogP) is 2.96. The second-order valence-corrected chi connectivity index (χ2v) is 9.27. The third-order valence-electron chi connectivity index (χ3n) is 6.44. The Labute approximate surface area is 193 Å². The lowest BCUT2D eigenvalue weighted by atomic mass is 9.78. The summed E-state index contributed by atoms with van der Waals surface area (Å²) >= 11 is 0. The summed E-state index contributed by atoms with van der Waals surface area (Å²) in [5.41, 5.74) is 1.83. The van der Waals surface area contributed by atoms with Gasteiger partial charge in [-0.05, 0) is 50.9 Å². The molecule has 0 bridgehead atoms. The van der Waals surface area contributed by atoms with E-state index in [1.807, 2.05) is 70.2 Å². The van der Waals surface area contributed by atoms with Gasteiger partial charge in [-0.1, -0.05) is 42.5 Å². The number of carboxylic acid groups (broad SMARTS) is 1. The zero-order valence-electron chi connectivity index (χ0n) is 19.2. The van der Waals surface area contributed by atoms with Gasteiger partial charge in [-0.25, -0.2) is 4.79 Å². The zero-order chi connectivity index (χ0) is 23.8. The zero-order valence-corrected chi connectivity index (χ0v) is 19.2. The van der Waals surface area contributed by atoms with Crippen LogP contribution in [0.25, 0.3) is 10.9 Å². The summed E-state index contributed by atoms with van der Waals surface area (Å²) in [4.78, 5) is 29.0. The Balaban J connectivity index is 1.47. The van der Waals surface area contributed by atoms with E-state index in [0.717, 1.165) is 11.0 Å². The van der Waals surface area contributed by atoms with Crippen molar-refractivity contribution in [3.63, 3.8) is 0 Å². The number of hydrogen-bond acceptors (Lipinski definition) is 5. The molecular formula is C25H27BN2O5. The van der Waals surface area contributed by atoms with Crippen molar-refractivity contribution in [1.29, 1.82) is 0 Å². The van der Waals surface area contributed by atoms with Crippen molar-refractivity contribution < 1.29 is 24.0 Å². The average Bonchev–Trinajstić information content (AvgIpc) is 3.00. The number of amides is 1. The molecule has 1 amide bonds. The molecule has 2 heterocycles. The standard InChI is InChI=1S/C25H27BN2O5/c1-24(2)25(3,4)33-26(32-24)17-11-9-16(10-12-17)15-21(23(30)31)28-22(29)19-13-14-27-20-8-6-5-7-18(19)20/h5-14,21H,15H2,1-4H3,(H,28,29)(H,30,31)/t21-/m1/s1. The maximum absolute atomic E-state index is 12.9. The Kier molecular flexibility index (Phi) is 5.99. The van der Waals surface area contributed by atoms with Gasteiger partial charge in [0.2, 0.25) is 0 Å². The van der Waals surface area contributed by atoms with Crippen molar-refractivity contribution in [1.82, 2.24) is 10.3 Å². The van der Waals surface area contributed by atoms with E-state index in [9.17, 15) is 14.7 Å². The normalized spacial score (nSPS) is 17.6. The quantitative estimate of drug-likeness (QED) is 0.566. The highest BCUT2D eigenvalue weighted by atomic mass is 16.7. The van der Waals surface area contributed by atoms with E-state index in [0.29, 0.717) is 16.5 Å². The fourth-order valence-corrected chi connectivity index (χ4v) is 3.76. The first-order valence-electron chi connectivity index (χ1n) is 10.9. The van der Waals surface area contributed by atoms with Crippen LogP contribution in [0, 0.1) is 0 Å². The lowest BCUT2D eigenvalue weighted by Gasteiger charge is -2.32. The number of rotatable bonds is 6. The van der Waals surface area contributed by atoms with Crippen LogP contribution in [0.1, 0.15) is 43.6 Å². The molecule has 2 N–H and O–H groups in total. The molecule has 3 aromatic rings. The molecule has 1 aromatic heterocycles. The Hall–Kier alpha value is -3.23. The summed E-state index contributed by atoms with van der Waals surface area (Å²) < 4.78 is 12.1. The SMILES string of the molecule is CC1(C)OB(c2ccc(C[C@@H](NC(=O)c3ccnc4ccccc34)C(=O)O)cc2)OC1(C)C. The van der Waals surface area contributed by atoms with Gasteiger partial charge in [-0.2, -0.15) is 0 Å². The van der Waals surface area contributed by atoms with Crippen molar-refractivity contribution in [3.05, 3.63) is 71.9 Å². The van der Waals surface area contributed by atoms with Gasteiger partial charge < -0.3 is 19.7 Å². The van der Waals surface area contributed by atoms with Crippen LogP contribution in [-0.2, 0) is 20.5 Å². The highest BCUT2D eigenvalue weighted by Gasteiger charge is 2.51. The highest BCUT2D eigenvalue weighted by molar-refractivity contribution is 6.62. The Morgan fingerprint density at radius 2 is 1.64 bits per heavy atom. The largest absolute Gasteiger partial charge is 0.494 e. The number of pyridine rings is 1. The molecule has 33 heavy (non-hydrogen) atoms. The number of nitrogens with one attached hydrogen (secondary N) is 1. The van der Waals surface area contributed by atoms with Gasteiger partial charge in [-0.15, -0.1) is 0 Å². The lowest BCUT2D eigenvalue weighted by Crippen LogP contribution is -2.42. The molecule has 1 atom stereocenters. The monoisotopic (exact) mass is 446 g/mol. The van der Waals surface area contributed by atoms with E-state index >= 15 is 0 Å². The number of nitrogens with zero attached hydrogens (tertiary/aromatic N) is 1. The molecule has 1 saturated heterocycles. The molecule has 0 spiro atoms. The second-order valence-electron chi connectivity index (χ2n) is 9.27. The third-order valence-corrected chi connectivity index (χ3v) is 6.44. The van der Waals surface area contributed by atoms with E-state index in [2.05, 4.69) is 10.3 Å². The number of carbonyl (C=O) groups excluding carboxylic acids is 1. The molecule has 0 unspecified atom stereocenters. The summed E-state index contributed by atoms with van der Waals surface area (Å²) in [6.07, 6.45) is 1.69. The number of hydrogen-bond donors (Lipinski definition) is 2. The van der Waals surface area contributed by atoms with Crippen LogP contribution in [0.3, 0.4) is 0 Å². The summed E-state index contributed by atoms with van der Waals surface area (Å²) in [6.45, 7) is 7.97. The van der Waals surface area contributed by atoms with Crippen LogP contribution in [0.2, 0.25) is 0 Å². The molecule has 4 rings (SSSR count). The lowest BCUT2D eigenvalue weighted by molar-refractivity contribution is -0.139. The van der Waals surface area contributed by atoms with E-state index in [-0.39, 0.29) is 6.42 Å².